The van der Waals surface area contributed by atoms with Crippen molar-refractivity contribution in [3.05, 3.63) is 47.4 Å². The number of nitrogens with two attached hydrogens (primary N) is 2. The molecule has 0 fully saturated rings. The quantitative estimate of drug-likeness (QED) is 0.297. The first-order chi connectivity index (χ1) is 14.0. The van der Waals surface area contributed by atoms with Crippen molar-refractivity contribution in [3.63, 3.8) is 0 Å². The Bertz CT molecular complexity index is 1030. The largest absolute Gasteiger partial charge is 0.462 e. The number of aryl methyl sites for hydroxylation is 1. The molecule has 1 aromatic carbocycles. The van der Waals surface area contributed by atoms with E-state index in [2.05, 4.69) is 30.2 Å². The number of aromatic nitrogens is 5. The molecule has 0 atom stereocenters. The van der Waals surface area contributed by atoms with Crippen LogP contribution < -0.4 is 16.8 Å². The van der Waals surface area contributed by atoms with Crippen molar-refractivity contribution in [3.8, 4) is 0 Å². The normalized spacial score (nSPS) is 10.6. The molecule has 0 bridgehead atoms. The molecule has 0 radical (unpaired) electrons. The maximum atomic E-state index is 11.8. The van der Waals surface area contributed by atoms with Crippen molar-refractivity contribution in [1.29, 1.82) is 0 Å². The number of benzene rings is 1. The predicted octanol–water partition coefficient (Wildman–Crippen LogP) is 2.35. The number of nitrogens with zero attached hydrogens (tertiary/aromatic N) is 5. The van der Waals surface area contributed by atoms with Crippen LogP contribution in [0.3, 0.4) is 0 Å². The zero-order valence-corrected chi connectivity index (χ0v) is 16.7. The van der Waals surface area contributed by atoms with Gasteiger partial charge in [0.15, 0.2) is 5.16 Å². The molecule has 10 nitrogen and oxygen atoms in total. The van der Waals surface area contributed by atoms with E-state index in [0.29, 0.717) is 22.7 Å². The number of para-hydroxylation sites is 1. The van der Waals surface area contributed by atoms with E-state index in [-0.39, 0.29) is 23.9 Å². The Kier molecular flexibility index (Phi) is 6.39. The van der Waals surface area contributed by atoms with Gasteiger partial charge in [-0.15, -0.1) is 0 Å². The van der Waals surface area contributed by atoms with Crippen LogP contribution in [0.2, 0.25) is 0 Å². The lowest BCUT2D eigenvalue weighted by Gasteiger charge is -2.09. The summed E-state index contributed by atoms with van der Waals surface area (Å²) in [4.78, 5) is 32.7. The van der Waals surface area contributed by atoms with Gasteiger partial charge in [0.05, 0.1) is 12.4 Å². The van der Waals surface area contributed by atoms with Crippen LogP contribution in [0.15, 0.2) is 35.6 Å². The molecule has 0 saturated carbocycles. The first-order valence-corrected chi connectivity index (χ1v) is 9.70. The van der Waals surface area contributed by atoms with E-state index in [4.69, 9.17) is 16.2 Å². The Morgan fingerprint density at radius 1 is 1.17 bits per heavy atom. The van der Waals surface area contributed by atoms with Crippen molar-refractivity contribution >= 4 is 41.1 Å². The van der Waals surface area contributed by atoms with Crippen LogP contribution in [-0.4, -0.2) is 37.5 Å². The first-order valence-electron chi connectivity index (χ1n) is 8.71. The molecule has 3 rings (SSSR count). The Morgan fingerprint density at radius 2 is 1.97 bits per heavy atom. The number of anilines is 4. The average molecular weight is 412 g/mol. The topological polar surface area (TPSA) is 155 Å². The van der Waals surface area contributed by atoms with Gasteiger partial charge < -0.3 is 21.5 Å². The Hall–Kier alpha value is -3.47. The molecule has 0 unspecified atom stereocenters. The summed E-state index contributed by atoms with van der Waals surface area (Å²) in [6.07, 6.45) is 1.34. The Balaban J connectivity index is 1.71. The summed E-state index contributed by atoms with van der Waals surface area (Å²) in [5.41, 5.74) is 13.7. The number of carbonyl (C=O) groups excluding carboxylic acids is 1. The summed E-state index contributed by atoms with van der Waals surface area (Å²) in [6.45, 7) is 3.93. The van der Waals surface area contributed by atoms with E-state index < -0.39 is 5.97 Å². The highest BCUT2D eigenvalue weighted by atomic mass is 32.2. The van der Waals surface area contributed by atoms with Crippen LogP contribution in [0, 0.1) is 6.92 Å². The second kappa shape index (κ2) is 9.15. The molecule has 0 aliphatic carbocycles. The molecule has 11 heteroatoms. The van der Waals surface area contributed by atoms with E-state index in [0.717, 1.165) is 11.3 Å². The third kappa shape index (κ3) is 5.29. The number of nitrogens with one attached hydrogen (secondary N) is 1. The summed E-state index contributed by atoms with van der Waals surface area (Å²) in [6, 6.07) is 7.76. The molecular formula is C18H20N8O2S. The SMILES string of the molecule is CCOC(=O)c1cnc(SCc2nc(N)nc(Nc3ccccc3C)n2)nc1N. The summed E-state index contributed by atoms with van der Waals surface area (Å²) in [7, 11) is 0. The van der Waals surface area contributed by atoms with Gasteiger partial charge in [0.25, 0.3) is 0 Å². The molecule has 0 amide bonds. The lowest BCUT2D eigenvalue weighted by Crippen LogP contribution is -2.11. The van der Waals surface area contributed by atoms with E-state index in [1.165, 1.54) is 18.0 Å². The lowest BCUT2D eigenvalue weighted by atomic mass is 10.2. The van der Waals surface area contributed by atoms with E-state index in [1.54, 1.807) is 6.92 Å². The predicted molar refractivity (Wildman–Crippen MR) is 111 cm³/mol. The van der Waals surface area contributed by atoms with Gasteiger partial charge in [0.2, 0.25) is 11.9 Å². The third-order valence-electron chi connectivity index (χ3n) is 3.71. The zero-order chi connectivity index (χ0) is 20.8. The number of carbonyl (C=O) groups is 1. The van der Waals surface area contributed by atoms with Gasteiger partial charge >= 0.3 is 5.97 Å². The molecular weight excluding hydrogens is 392 g/mol. The Labute approximate surface area is 171 Å². The minimum absolute atomic E-state index is 0.0537. The first kappa shape index (κ1) is 20.3. The van der Waals surface area contributed by atoms with Crippen LogP contribution in [0.1, 0.15) is 28.7 Å². The van der Waals surface area contributed by atoms with Gasteiger partial charge in [0, 0.05) is 11.9 Å². The molecule has 2 heterocycles. The van der Waals surface area contributed by atoms with Crippen molar-refractivity contribution < 1.29 is 9.53 Å². The number of hydrogen-bond acceptors (Lipinski definition) is 11. The van der Waals surface area contributed by atoms with E-state index >= 15 is 0 Å². The molecule has 2 aromatic heterocycles. The molecule has 0 saturated heterocycles. The van der Waals surface area contributed by atoms with E-state index in [1.807, 2.05) is 31.2 Å². The van der Waals surface area contributed by atoms with Gasteiger partial charge in [-0.2, -0.15) is 15.0 Å². The van der Waals surface area contributed by atoms with Crippen LogP contribution in [0.4, 0.5) is 23.4 Å². The fourth-order valence-corrected chi connectivity index (χ4v) is 3.01. The number of nitrogen functional groups attached to an aromatic ring is 2. The number of thioether (sulfide) groups is 1. The Morgan fingerprint density at radius 3 is 2.69 bits per heavy atom. The molecule has 5 N–H and O–H groups in total. The number of ether oxygens (including phenoxy) is 1. The summed E-state index contributed by atoms with van der Waals surface area (Å²) in [5, 5.41) is 3.52. The maximum Gasteiger partial charge on any atom is 0.343 e. The minimum atomic E-state index is -0.557. The summed E-state index contributed by atoms with van der Waals surface area (Å²) in [5.74, 6) is 0.741. The van der Waals surface area contributed by atoms with Crippen molar-refractivity contribution in [2.24, 2.45) is 0 Å². The lowest BCUT2D eigenvalue weighted by molar-refractivity contribution is 0.0526. The summed E-state index contributed by atoms with van der Waals surface area (Å²) < 4.78 is 4.91. The minimum Gasteiger partial charge on any atom is -0.462 e. The highest BCUT2D eigenvalue weighted by Gasteiger charge is 2.14. The fraction of sp³-hybridized carbons (Fsp3) is 0.222. The number of esters is 1. The number of rotatable bonds is 7. The van der Waals surface area contributed by atoms with Crippen molar-refractivity contribution in [2.45, 2.75) is 24.8 Å². The van der Waals surface area contributed by atoms with Crippen LogP contribution in [0.5, 0.6) is 0 Å². The average Bonchev–Trinajstić information content (AvgIpc) is 2.68. The smallest absolute Gasteiger partial charge is 0.343 e. The van der Waals surface area contributed by atoms with Gasteiger partial charge in [-0.05, 0) is 25.5 Å². The van der Waals surface area contributed by atoms with Crippen molar-refractivity contribution in [1.82, 2.24) is 24.9 Å². The second-order valence-corrected chi connectivity index (χ2v) is 6.78. The number of hydrogen-bond donors (Lipinski definition) is 3. The molecule has 3 aromatic rings. The molecule has 150 valence electrons. The zero-order valence-electron chi connectivity index (χ0n) is 15.9. The van der Waals surface area contributed by atoms with Crippen LogP contribution in [0.25, 0.3) is 0 Å². The highest BCUT2D eigenvalue weighted by Crippen LogP contribution is 2.22. The van der Waals surface area contributed by atoms with Crippen LogP contribution in [-0.2, 0) is 10.5 Å². The molecule has 29 heavy (non-hydrogen) atoms. The van der Waals surface area contributed by atoms with E-state index in [9.17, 15) is 4.79 Å². The van der Waals surface area contributed by atoms with Gasteiger partial charge in [0.1, 0.15) is 17.2 Å². The van der Waals surface area contributed by atoms with Gasteiger partial charge in [-0.25, -0.2) is 14.8 Å². The third-order valence-corrected chi connectivity index (χ3v) is 4.57. The molecule has 0 aliphatic rings. The fourth-order valence-electron chi connectivity index (χ4n) is 2.33. The van der Waals surface area contributed by atoms with Gasteiger partial charge in [-0.3, -0.25) is 0 Å². The molecule has 0 aliphatic heterocycles. The van der Waals surface area contributed by atoms with Crippen molar-refractivity contribution in [2.75, 3.05) is 23.4 Å². The molecule has 0 spiro atoms. The van der Waals surface area contributed by atoms with Crippen LogP contribution >= 0.6 is 11.8 Å². The summed E-state index contributed by atoms with van der Waals surface area (Å²) >= 11 is 1.26. The highest BCUT2D eigenvalue weighted by molar-refractivity contribution is 7.98. The monoisotopic (exact) mass is 412 g/mol. The maximum absolute atomic E-state index is 11.8. The standard InChI is InChI=1S/C18H20N8O2S/c1-3-28-15(27)11-8-21-18(25-14(11)19)29-9-13-23-16(20)26-17(24-13)22-12-7-5-4-6-10(12)2/h4-8H,3,9H2,1-2H3,(H2,19,21,25)(H3,20,22,23,24,26). The second-order valence-electron chi connectivity index (χ2n) is 5.83. The van der Waals surface area contributed by atoms with Gasteiger partial charge in [-0.1, -0.05) is 30.0 Å².